The number of benzene rings is 1. The molecule has 1 aliphatic heterocycles. The molecule has 0 saturated carbocycles. The van der Waals surface area contributed by atoms with E-state index in [1.807, 2.05) is 7.05 Å². The second-order valence-corrected chi connectivity index (χ2v) is 5.03. The van der Waals surface area contributed by atoms with Gasteiger partial charge in [-0.2, -0.15) is 0 Å². The van der Waals surface area contributed by atoms with Gasteiger partial charge in [-0.05, 0) is 32.0 Å². The van der Waals surface area contributed by atoms with Gasteiger partial charge in [-0.1, -0.05) is 0 Å². The monoisotopic (exact) mass is 268 g/mol. The molecule has 2 N–H and O–H groups in total. The molecule has 2 atom stereocenters. The van der Waals surface area contributed by atoms with Gasteiger partial charge in [0.25, 0.3) is 0 Å². The van der Waals surface area contributed by atoms with Crippen LogP contribution in [0.5, 0.6) is 11.5 Å². The molecular formula is C14H21FN2O2. The first kappa shape index (κ1) is 14.1. The first-order valence-corrected chi connectivity index (χ1v) is 6.42. The number of halogens is 1. The number of methoxy groups -OCH3 is 2. The molecule has 0 spiro atoms. The lowest BCUT2D eigenvalue weighted by atomic mass is 9.99. The van der Waals surface area contributed by atoms with E-state index in [1.54, 1.807) is 19.2 Å². The van der Waals surface area contributed by atoms with E-state index < -0.39 is 0 Å². The van der Waals surface area contributed by atoms with E-state index in [1.165, 1.54) is 7.11 Å². The summed E-state index contributed by atoms with van der Waals surface area (Å²) in [6, 6.07) is 3.34. The van der Waals surface area contributed by atoms with Crippen molar-refractivity contribution in [2.24, 2.45) is 11.7 Å². The van der Waals surface area contributed by atoms with Crippen LogP contribution in [-0.4, -0.2) is 39.3 Å². The lowest BCUT2D eigenvalue weighted by Gasteiger charge is -2.21. The quantitative estimate of drug-likeness (QED) is 0.904. The Morgan fingerprint density at radius 2 is 2.11 bits per heavy atom. The largest absolute Gasteiger partial charge is 0.497 e. The highest BCUT2D eigenvalue weighted by atomic mass is 19.1. The van der Waals surface area contributed by atoms with Crippen molar-refractivity contribution in [1.29, 1.82) is 0 Å². The van der Waals surface area contributed by atoms with E-state index >= 15 is 0 Å². The third-order valence-electron chi connectivity index (χ3n) is 3.82. The minimum absolute atomic E-state index is 0.0255. The molecule has 1 fully saturated rings. The summed E-state index contributed by atoms with van der Waals surface area (Å²) in [4.78, 5) is 2.13. The van der Waals surface area contributed by atoms with Gasteiger partial charge in [-0.25, -0.2) is 4.39 Å². The van der Waals surface area contributed by atoms with Gasteiger partial charge in [0.15, 0.2) is 11.6 Å². The normalized spacial score (nSPS) is 23.6. The second kappa shape index (κ2) is 5.75. The summed E-state index contributed by atoms with van der Waals surface area (Å²) in [7, 11) is 5.02. The molecule has 1 aromatic rings. The van der Waals surface area contributed by atoms with Crippen molar-refractivity contribution in [1.82, 2.24) is 4.90 Å². The fraction of sp³-hybridized carbons (Fsp3) is 0.571. The van der Waals surface area contributed by atoms with Crippen molar-refractivity contribution in [3.63, 3.8) is 0 Å². The summed E-state index contributed by atoms with van der Waals surface area (Å²) < 4.78 is 24.7. The Balaban J connectivity index is 2.38. The number of nitrogens with two attached hydrogens (primary N) is 1. The zero-order chi connectivity index (χ0) is 14.0. The number of rotatable bonds is 4. The second-order valence-electron chi connectivity index (χ2n) is 5.03. The van der Waals surface area contributed by atoms with Crippen LogP contribution in [-0.2, 0) is 0 Å². The van der Waals surface area contributed by atoms with Gasteiger partial charge in [-0.3, -0.25) is 4.90 Å². The van der Waals surface area contributed by atoms with Gasteiger partial charge in [0.05, 0.1) is 14.2 Å². The summed E-state index contributed by atoms with van der Waals surface area (Å²) in [6.07, 6.45) is 0.861. The lowest BCUT2D eigenvalue weighted by molar-refractivity contribution is 0.299. The van der Waals surface area contributed by atoms with Crippen LogP contribution >= 0.6 is 0 Å². The Kier molecular flexibility index (Phi) is 4.27. The van der Waals surface area contributed by atoms with Crippen molar-refractivity contribution in [2.45, 2.75) is 12.5 Å². The first-order valence-electron chi connectivity index (χ1n) is 6.42. The van der Waals surface area contributed by atoms with Crippen molar-refractivity contribution in [3.05, 3.63) is 23.5 Å². The Labute approximate surface area is 113 Å². The molecule has 0 radical (unpaired) electrons. The van der Waals surface area contributed by atoms with Crippen LogP contribution in [0.15, 0.2) is 12.1 Å². The zero-order valence-electron chi connectivity index (χ0n) is 11.6. The molecule has 0 aromatic heterocycles. The molecule has 4 nitrogen and oxygen atoms in total. The smallest absolute Gasteiger partial charge is 0.170 e. The van der Waals surface area contributed by atoms with Crippen molar-refractivity contribution in [2.75, 3.05) is 34.4 Å². The average Bonchev–Trinajstić information content (AvgIpc) is 2.80. The highest BCUT2D eigenvalue weighted by Crippen LogP contribution is 2.39. The Bertz CT molecular complexity index is 453. The van der Waals surface area contributed by atoms with Crippen LogP contribution in [0.3, 0.4) is 0 Å². The third-order valence-corrected chi connectivity index (χ3v) is 3.82. The third kappa shape index (κ3) is 2.67. The summed E-state index contributed by atoms with van der Waals surface area (Å²) in [5.41, 5.74) is 6.34. The lowest BCUT2D eigenvalue weighted by Crippen LogP contribution is -2.21. The van der Waals surface area contributed by atoms with E-state index in [4.69, 9.17) is 15.2 Å². The highest BCUT2D eigenvalue weighted by molar-refractivity contribution is 5.41. The maximum atomic E-state index is 14.4. The molecule has 1 heterocycles. The van der Waals surface area contributed by atoms with Crippen LogP contribution in [0.2, 0.25) is 0 Å². The Morgan fingerprint density at radius 3 is 2.63 bits per heavy atom. The van der Waals surface area contributed by atoms with E-state index in [9.17, 15) is 4.39 Å². The van der Waals surface area contributed by atoms with Gasteiger partial charge in [0, 0.05) is 24.2 Å². The van der Waals surface area contributed by atoms with Gasteiger partial charge < -0.3 is 15.2 Å². The standard InChI is InChI=1S/C14H21FN2O2/c1-17-8-9(7-16)4-12(17)11-5-10(18-2)6-13(19-3)14(11)15/h5-6,9,12H,4,7-8,16H2,1-3H3. The number of nitrogens with zero attached hydrogens (tertiary/aromatic N) is 1. The summed E-state index contributed by atoms with van der Waals surface area (Å²) >= 11 is 0. The highest BCUT2D eigenvalue weighted by Gasteiger charge is 2.32. The molecule has 2 unspecified atom stereocenters. The van der Waals surface area contributed by atoms with Crippen LogP contribution in [0.25, 0.3) is 0 Å². The molecule has 19 heavy (non-hydrogen) atoms. The van der Waals surface area contributed by atoms with Crippen molar-refractivity contribution < 1.29 is 13.9 Å². The average molecular weight is 268 g/mol. The van der Waals surface area contributed by atoms with Gasteiger partial charge in [0.1, 0.15) is 5.75 Å². The van der Waals surface area contributed by atoms with Gasteiger partial charge in [0.2, 0.25) is 0 Å². The fourth-order valence-corrected chi connectivity index (χ4v) is 2.74. The van der Waals surface area contributed by atoms with Gasteiger partial charge in [-0.15, -0.1) is 0 Å². The van der Waals surface area contributed by atoms with Crippen molar-refractivity contribution >= 4 is 0 Å². The van der Waals surface area contributed by atoms with Crippen LogP contribution in [0, 0.1) is 11.7 Å². The zero-order valence-corrected chi connectivity index (χ0v) is 11.6. The Hall–Kier alpha value is -1.33. The SMILES string of the molecule is COc1cc(OC)c(F)c(C2CC(CN)CN2C)c1. The first-order chi connectivity index (χ1) is 9.10. The molecule has 0 bridgehead atoms. The molecule has 0 aliphatic carbocycles. The van der Waals surface area contributed by atoms with Gasteiger partial charge >= 0.3 is 0 Å². The summed E-state index contributed by atoms with van der Waals surface area (Å²) in [5.74, 6) is 0.932. The van der Waals surface area contributed by atoms with Crippen molar-refractivity contribution in [3.8, 4) is 11.5 Å². The maximum absolute atomic E-state index is 14.4. The van der Waals surface area contributed by atoms with Crippen LogP contribution in [0.4, 0.5) is 4.39 Å². The molecule has 1 aliphatic rings. The topological polar surface area (TPSA) is 47.7 Å². The summed E-state index contributed by atoms with van der Waals surface area (Å²) in [5, 5.41) is 0. The number of ether oxygens (including phenoxy) is 2. The van der Waals surface area contributed by atoms with Crippen LogP contribution in [0.1, 0.15) is 18.0 Å². The molecule has 5 heteroatoms. The number of likely N-dealkylation sites (tertiary alicyclic amines) is 1. The fourth-order valence-electron chi connectivity index (χ4n) is 2.74. The molecule has 1 saturated heterocycles. The maximum Gasteiger partial charge on any atom is 0.170 e. The van der Waals surface area contributed by atoms with E-state index in [2.05, 4.69) is 4.90 Å². The van der Waals surface area contributed by atoms with E-state index in [-0.39, 0.29) is 17.6 Å². The molecular weight excluding hydrogens is 247 g/mol. The molecule has 2 rings (SSSR count). The minimum atomic E-state index is -0.308. The number of hydrogen-bond donors (Lipinski definition) is 1. The Morgan fingerprint density at radius 1 is 1.37 bits per heavy atom. The predicted molar refractivity (Wildman–Crippen MR) is 72.0 cm³/mol. The van der Waals surface area contributed by atoms with Crippen LogP contribution < -0.4 is 15.2 Å². The number of hydrogen-bond acceptors (Lipinski definition) is 4. The minimum Gasteiger partial charge on any atom is -0.497 e. The summed E-state index contributed by atoms with van der Waals surface area (Å²) in [6.45, 7) is 1.52. The van der Waals surface area contributed by atoms with E-state index in [0.29, 0.717) is 23.8 Å². The molecule has 106 valence electrons. The molecule has 0 amide bonds. The molecule has 1 aromatic carbocycles. The predicted octanol–water partition coefficient (Wildman–Crippen LogP) is 1.79. The van der Waals surface area contributed by atoms with E-state index in [0.717, 1.165) is 13.0 Å².